The number of phenols is 1. The van der Waals surface area contributed by atoms with Gasteiger partial charge in [-0.15, -0.1) is 0 Å². The van der Waals surface area contributed by atoms with Crippen LogP contribution in [0.2, 0.25) is 0 Å². The fourth-order valence-corrected chi connectivity index (χ4v) is 3.15. The topological polar surface area (TPSA) is 46.5 Å². The molecule has 0 saturated heterocycles. The normalized spacial score (nSPS) is 12.0. The molecule has 2 aromatic carbocycles. The van der Waals surface area contributed by atoms with Crippen molar-refractivity contribution in [1.29, 1.82) is 0 Å². The van der Waals surface area contributed by atoms with Gasteiger partial charge in [0, 0.05) is 22.8 Å². The summed E-state index contributed by atoms with van der Waals surface area (Å²) >= 11 is 0. The third-order valence-electron chi connectivity index (χ3n) is 4.54. The summed E-state index contributed by atoms with van der Waals surface area (Å²) in [5.41, 5.74) is 3.70. The highest BCUT2D eigenvalue weighted by atomic mass is 16.5. The molecule has 0 aliphatic carbocycles. The van der Waals surface area contributed by atoms with Gasteiger partial charge in [0.05, 0.1) is 0 Å². The lowest BCUT2D eigenvalue weighted by atomic mass is 9.81. The molecule has 3 nitrogen and oxygen atoms in total. The number of carbonyl (C=O) groups is 1. The summed E-state index contributed by atoms with van der Waals surface area (Å²) in [6.45, 7) is 17.9. The van der Waals surface area contributed by atoms with E-state index in [1.54, 1.807) is 0 Å². The SMILES string of the molecule is C=CC(=O)Oc1c(-c2cccc(C(C)(C)C)c2O)cc(C)cc1C(C)(C)C. The minimum absolute atomic E-state index is 0.214. The minimum Gasteiger partial charge on any atom is -0.507 e. The summed E-state index contributed by atoms with van der Waals surface area (Å²) < 4.78 is 5.67. The van der Waals surface area contributed by atoms with Crippen LogP contribution < -0.4 is 4.74 Å². The quantitative estimate of drug-likeness (QED) is 0.408. The lowest BCUT2D eigenvalue weighted by Crippen LogP contribution is -2.17. The van der Waals surface area contributed by atoms with Crippen LogP contribution in [0, 0.1) is 6.92 Å². The van der Waals surface area contributed by atoms with Crippen molar-refractivity contribution in [2.45, 2.75) is 59.3 Å². The molecule has 0 aliphatic heterocycles. The maximum atomic E-state index is 12.0. The van der Waals surface area contributed by atoms with E-state index in [1.807, 2.05) is 37.3 Å². The molecule has 0 spiro atoms. The van der Waals surface area contributed by atoms with E-state index in [9.17, 15) is 9.90 Å². The number of hydrogen-bond donors (Lipinski definition) is 1. The maximum Gasteiger partial charge on any atom is 0.335 e. The van der Waals surface area contributed by atoms with Crippen molar-refractivity contribution in [3.8, 4) is 22.6 Å². The fourth-order valence-electron chi connectivity index (χ4n) is 3.15. The van der Waals surface area contributed by atoms with E-state index < -0.39 is 5.97 Å². The Labute approximate surface area is 162 Å². The Bertz CT molecular complexity index is 878. The second kappa shape index (κ2) is 7.22. The number of benzene rings is 2. The van der Waals surface area contributed by atoms with E-state index >= 15 is 0 Å². The largest absolute Gasteiger partial charge is 0.507 e. The zero-order valence-electron chi connectivity index (χ0n) is 17.4. The highest BCUT2D eigenvalue weighted by Crippen LogP contribution is 2.45. The Kier molecular flexibility index (Phi) is 5.55. The van der Waals surface area contributed by atoms with E-state index in [2.05, 4.69) is 48.1 Å². The van der Waals surface area contributed by atoms with Crippen LogP contribution in [-0.2, 0) is 15.6 Å². The number of carbonyl (C=O) groups excluding carboxylic acids is 1. The number of aryl methyl sites for hydroxylation is 1. The zero-order valence-corrected chi connectivity index (χ0v) is 17.4. The fraction of sp³-hybridized carbons (Fsp3) is 0.375. The molecule has 0 radical (unpaired) electrons. The Morgan fingerprint density at radius 1 is 1.00 bits per heavy atom. The Balaban J connectivity index is 2.86. The van der Waals surface area contributed by atoms with E-state index in [0.717, 1.165) is 22.8 Å². The predicted octanol–water partition coefficient (Wildman–Crippen LogP) is 6.05. The monoisotopic (exact) mass is 366 g/mol. The molecule has 2 aromatic rings. The minimum atomic E-state index is -0.517. The average molecular weight is 367 g/mol. The van der Waals surface area contributed by atoms with Crippen LogP contribution in [0.15, 0.2) is 43.0 Å². The van der Waals surface area contributed by atoms with Crippen molar-refractivity contribution in [2.75, 3.05) is 0 Å². The van der Waals surface area contributed by atoms with Gasteiger partial charge in [0.1, 0.15) is 11.5 Å². The van der Waals surface area contributed by atoms with Crippen molar-refractivity contribution in [3.63, 3.8) is 0 Å². The van der Waals surface area contributed by atoms with Gasteiger partial charge in [0.25, 0.3) is 0 Å². The molecule has 0 heterocycles. The highest BCUT2D eigenvalue weighted by Gasteiger charge is 2.27. The molecule has 0 aliphatic rings. The van der Waals surface area contributed by atoms with E-state index in [1.165, 1.54) is 0 Å². The molecule has 0 unspecified atom stereocenters. The van der Waals surface area contributed by atoms with Gasteiger partial charge in [-0.3, -0.25) is 0 Å². The molecular formula is C24H30O3. The summed E-state index contributed by atoms with van der Waals surface area (Å²) in [4.78, 5) is 12.0. The van der Waals surface area contributed by atoms with Crippen molar-refractivity contribution < 1.29 is 14.6 Å². The van der Waals surface area contributed by atoms with Crippen LogP contribution in [-0.4, -0.2) is 11.1 Å². The first-order chi connectivity index (χ1) is 12.4. The smallest absolute Gasteiger partial charge is 0.335 e. The molecule has 144 valence electrons. The van der Waals surface area contributed by atoms with Gasteiger partial charge in [0.15, 0.2) is 0 Å². The molecule has 0 aromatic heterocycles. The molecular weight excluding hydrogens is 336 g/mol. The lowest BCUT2D eigenvalue weighted by molar-refractivity contribution is -0.129. The highest BCUT2D eigenvalue weighted by molar-refractivity contribution is 5.87. The molecule has 0 saturated carbocycles. The first-order valence-corrected chi connectivity index (χ1v) is 9.18. The van der Waals surface area contributed by atoms with Crippen molar-refractivity contribution in [3.05, 3.63) is 59.7 Å². The summed E-state index contributed by atoms with van der Waals surface area (Å²) in [6, 6.07) is 9.68. The number of para-hydroxylation sites is 1. The molecule has 0 atom stereocenters. The van der Waals surface area contributed by atoms with Gasteiger partial charge in [-0.25, -0.2) is 4.79 Å². The Morgan fingerprint density at radius 3 is 2.11 bits per heavy atom. The third kappa shape index (κ3) is 4.41. The molecule has 0 amide bonds. The van der Waals surface area contributed by atoms with Crippen LogP contribution >= 0.6 is 0 Å². The van der Waals surface area contributed by atoms with E-state index in [-0.39, 0.29) is 16.6 Å². The van der Waals surface area contributed by atoms with Crippen LogP contribution in [0.3, 0.4) is 0 Å². The van der Waals surface area contributed by atoms with Crippen LogP contribution in [0.1, 0.15) is 58.2 Å². The molecule has 0 fully saturated rings. The van der Waals surface area contributed by atoms with Gasteiger partial charge in [-0.2, -0.15) is 0 Å². The van der Waals surface area contributed by atoms with Crippen molar-refractivity contribution >= 4 is 5.97 Å². The van der Waals surface area contributed by atoms with Crippen LogP contribution in [0.25, 0.3) is 11.1 Å². The summed E-state index contributed by atoms with van der Waals surface area (Å²) in [5, 5.41) is 11.0. The Hall–Kier alpha value is -2.55. The molecule has 0 bridgehead atoms. The number of rotatable bonds is 3. The third-order valence-corrected chi connectivity index (χ3v) is 4.54. The van der Waals surface area contributed by atoms with Gasteiger partial charge in [0.2, 0.25) is 0 Å². The van der Waals surface area contributed by atoms with Gasteiger partial charge >= 0.3 is 5.97 Å². The summed E-state index contributed by atoms with van der Waals surface area (Å²) in [5.74, 6) is 0.169. The lowest BCUT2D eigenvalue weighted by Gasteiger charge is -2.26. The zero-order chi connectivity index (χ0) is 20.6. The van der Waals surface area contributed by atoms with E-state index in [4.69, 9.17) is 4.74 Å². The van der Waals surface area contributed by atoms with E-state index in [0.29, 0.717) is 16.9 Å². The summed E-state index contributed by atoms with van der Waals surface area (Å²) in [6.07, 6.45) is 1.15. The van der Waals surface area contributed by atoms with Crippen LogP contribution in [0.4, 0.5) is 0 Å². The number of hydrogen-bond acceptors (Lipinski definition) is 3. The Morgan fingerprint density at radius 2 is 1.59 bits per heavy atom. The molecule has 1 N–H and O–H groups in total. The second-order valence-electron chi connectivity index (χ2n) is 9.02. The number of phenolic OH excluding ortho intramolecular Hbond substituents is 1. The molecule has 3 heteroatoms. The average Bonchev–Trinajstić information content (AvgIpc) is 2.54. The van der Waals surface area contributed by atoms with Gasteiger partial charge in [-0.05, 0) is 34.9 Å². The van der Waals surface area contributed by atoms with Gasteiger partial charge < -0.3 is 9.84 Å². The predicted molar refractivity (Wildman–Crippen MR) is 112 cm³/mol. The van der Waals surface area contributed by atoms with Crippen LogP contribution in [0.5, 0.6) is 11.5 Å². The standard InChI is InChI=1S/C24H30O3/c1-9-20(25)27-22-17(13-15(2)14-19(22)24(6,7)8)16-11-10-12-18(21(16)26)23(3,4)5/h9-14,26H,1H2,2-8H3. The first-order valence-electron chi connectivity index (χ1n) is 9.18. The summed E-state index contributed by atoms with van der Waals surface area (Å²) in [7, 11) is 0. The molecule has 2 rings (SSSR count). The second-order valence-corrected chi connectivity index (χ2v) is 9.02. The number of esters is 1. The number of aromatic hydroxyl groups is 1. The number of ether oxygens (including phenoxy) is 1. The molecule has 27 heavy (non-hydrogen) atoms. The van der Waals surface area contributed by atoms with Crippen molar-refractivity contribution in [1.82, 2.24) is 0 Å². The first kappa shape index (κ1) is 20.8. The van der Waals surface area contributed by atoms with Gasteiger partial charge in [-0.1, -0.05) is 72.4 Å². The maximum absolute atomic E-state index is 12.0. The van der Waals surface area contributed by atoms with Crippen molar-refractivity contribution in [2.24, 2.45) is 0 Å².